The Kier molecular flexibility index (Phi) is 8.59. The number of benzene rings is 1. The van der Waals surface area contributed by atoms with Gasteiger partial charge in [0.25, 0.3) is 0 Å². The second kappa shape index (κ2) is 10.4. The van der Waals surface area contributed by atoms with E-state index in [1.54, 1.807) is 24.5 Å². The fraction of sp³-hybridized carbons (Fsp3) is 0.389. The highest BCUT2D eigenvalue weighted by Crippen LogP contribution is 2.23. The number of phenols is 1. The van der Waals surface area contributed by atoms with Gasteiger partial charge in [0.2, 0.25) is 0 Å². The molecular weight excluding hydrogens is 502 g/mol. The van der Waals surface area contributed by atoms with Crippen molar-refractivity contribution in [1.82, 2.24) is 15.1 Å². The maximum atomic E-state index is 13.4. The molecule has 1 saturated heterocycles. The summed E-state index contributed by atoms with van der Waals surface area (Å²) >= 11 is 7.62. The van der Waals surface area contributed by atoms with Crippen LogP contribution >= 0.6 is 46.9 Å². The van der Waals surface area contributed by atoms with E-state index < -0.39 is 5.82 Å². The van der Waals surface area contributed by atoms with Gasteiger partial charge in [-0.05, 0) is 29.8 Å². The van der Waals surface area contributed by atoms with E-state index in [4.69, 9.17) is 11.6 Å². The summed E-state index contributed by atoms with van der Waals surface area (Å²) in [6.45, 7) is 5.03. The second-order valence-corrected chi connectivity index (χ2v) is 7.96. The van der Waals surface area contributed by atoms with E-state index >= 15 is 0 Å². The number of phenolic OH excluding ortho intramolecular Hbond substituents is 1. The first-order valence-electron chi connectivity index (χ1n) is 8.44. The van der Waals surface area contributed by atoms with Crippen LogP contribution in [0.15, 0.2) is 35.3 Å². The summed E-state index contributed by atoms with van der Waals surface area (Å²) in [7, 11) is 1.75. The number of guanidine groups is 1. The van der Waals surface area contributed by atoms with Gasteiger partial charge < -0.3 is 15.3 Å². The molecule has 1 aliphatic heterocycles. The van der Waals surface area contributed by atoms with Gasteiger partial charge in [0.1, 0.15) is 0 Å². The number of halogens is 3. The summed E-state index contributed by atoms with van der Waals surface area (Å²) in [5.74, 6) is -0.139. The average Bonchev–Trinajstić information content (AvgIpc) is 3.04. The maximum Gasteiger partial charge on any atom is 0.194 e. The highest BCUT2D eigenvalue weighted by Gasteiger charge is 2.20. The zero-order valence-corrected chi connectivity index (χ0v) is 18.9. The number of piperazine rings is 1. The van der Waals surface area contributed by atoms with E-state index in [9.17, 15) is 9.50 Å². The summed E-state index contributed by atoms with van der Waals surface area (Å²) in [5, 5.41) is 12.5. The van der Waals surface area contributed by atoms with E-state index in [2.05, 4.69) is 26.2 Å². The molecule has 0 unspecified atom stereocenters. The van der Waals surface area contributed by atoms with Crippen molar-refractivity contribution in [3.05, 3.63) is 50.9 Å². The van der Waals surface area contributed by atoms with E-state index in [0.29, 0.717) is 6.54 Å². The largest absolute Gasteiger partial charge is 0.505 e. The first-order chi connectivity index (χ1) is 12.5. The molecule has 0 amide bonds. The number of rotatable bonds is 4. The lowest BCUT2D eigenvalue weighted by atomic mass is 10.2. The fourth-order valence-corrected chi connectivity index (χ4v) is 4.08. The van der Waals surface area contributed by atoms with Crippen molar-refractivity contribution in [1.29, 1.82) is 0 Å². The highest BCUT2D eigenvalue weighted by atomic mass is 127. The monoisotopic (exact) mass is 524 g/mol. The Morgan fingerprint density at radius 3 is 2.59 bits per heavy atom. The van der Waals surface area contributed by atoms with Gasteiger partial charge in [-0.1, -0.05) is 17.7 Å². The summed E-state index contributed by atoms with van der Waals surface area (Å²) in [6.07, 6.45) is 0. The number of hydrogen-bond acceptors (Lipinski definition) is 4. The zero-order valence-electron chi connectivity index (χ0n) is 15.0. The molecule has 0 bridgehead atoms. The Hall–Kier alpha value is -1.10. The van der Waals surface area contributed by atoms with Gasteiger partial charge in [-0.15, -0.1) is 35.3 Å². The van der Waals surface area contributed by atoms with Crippen molar-refractivity contribution in [2.45, 2.75) is 13.1 Å². The van der Waals surface area contributed by atoms with E-state index in [-0.39, 0.29) is 29.7 Å². The van der Waals surface area contributed by atoms with Gasteiger partial charge in [-0.3, -0.25) is 9.89 Å². The Labute approximate surface area is 184 Å². The van der Waals surface area contributed by atoms with Crippen molar-refractivity contribution in [3.8, 4) is 5.75 Å². The molecule has 148 valence electrons. The Balaban J connectivity index is 0.00000261. The third kappa shape index (κ3) is 6.20. The third-order valence-electron chi connectivity index (χ3n) is 4.35. The Morgan fingerprint density at radius 1 is 1.26 bits per heavy atom. The molecule has 0 saturated carbocycles. The number of nitrogens with zero attached hydrogens (tertiary/aromatic N) is 3. The minimum atomic E-state index is -0.610. The van der Waals surface area contributed by atoms with Crippen LogP contribution in [0.2, 0.25) is 4.34 Å². The molecular formula is C18H23ClFIN4OS. The first-order valence-corrected chi connectivity index (χ1v) is 9.64. The SMILES string of the molecule is CN=C(NCc1ccc(O)c(F)c1)N1CCN(Cc2ccc(Cl)s2)CC1.I. The van der Waals surface area contributed by atoms with Crippen molar-refractivity contribution >= 4 is 52.9 Å². The van der Waals surface area contributed by atoms with Crippen molar-refractivity contribution in [2.75, 3.05) is 33.2 Å². The Morgan fingerprint density at radius 2 is 2.00 bits per heavy atom. The van der Waals surface area contributed by atoms with Crippen LogP contribution in [0.5, 0.6) is 5.75 Å². The number of hydrogen-bond donors (Lipinski definition) is 2. The van der Waals surface area contributed by atoms with Crippen molar-refractivity contribution in [2.24, 2.45) is 4.99 Å². The number of thiophene rings is 1. The predicted octanol–water partition coefficient (Wildman–Crippen LogP) is 3.76. The van der Waals surface area contributed by atoms with Crippen molar-refractivity contribution in [3.63, 3.8) is 0 Å². The second-order valence-electron chi connectivity index (χ2n) is 6.16. The van der Waals surface area contributed by atoms with Crippen LogP contribution in [0.3, 0.4) is 0 Å². The first kappa shape index (κ1) is 22.2. The topological polar surface area (TPSA) is 51.1 Å². The van der Waals surface area contributed by atoms with Gasteiger partial charge in [0.05, 0.1) is 4.34 Å². The normalized spacial score (nSPS) is 15.5. The molecule has 2 N–H and O–H groups in total. The van der Waals surface area contributed by atoms with Crippen LogP contribution in [-0.2, 0) is 13.1 Å². The van der Waals surface area contributed by atoms with Crippen LogP contribution in [-0.4, -0.2) is 54.1 Å². The molecule has 1 aromatic carbocycles. The number of aromatic hydroxyl groups is 1. The minimum absolute atomic E-state index is 0. The molecule has 1 aromatic heterocycles. The standard InChI is InChI=1S/C18H22ClFN4OS.HI/c1-21-18(22-11-13-2-4-16(25)15(20)10-13)24-8-6-23(7-9-24)12-14-3-5-17(19)26-14;/h2-5,10,25H,6-9,11-12H2,1H3,(H,21,22);1H. The average molecular weight is 525 g/mol. The summed E-state index contributed by atoms with van der Waals surface area (Å²) < 4.78 is 14.3. The number of aliphatic imine (C=N–C) groups is 1. The molecule has 2 heterocycles. The number of nitrogens with one attached hydrogen (secondary N) is 1. The van der Waals surface area contributed by atoms with Gasteiger partial charge in [0.15, 0.2) is 17.5 Å². The van der Waals surface area contributed by atoms with Crippen LogP contribution in [0.1, 0.15) is 10.4 Å². The minimum Gasteiger partial charge on any atom is -0.505 e. The highest BCUT2D eigenvalue weighted by molar-refractivity contribution is 14.0. The quantitative estimate of drug-likeness (QED) is 0.363. The lowest BCUT2D eigenvalue weighted by Crippen LogP contribution is -2.51. The van der Waals surface area contributed by atoms with Crippen LogP contribution in [0, 0.1) is 5.82 Å². The molecule has 0 aliphatic carbocycles. The molecule has 2 aromatic rings. The van der Waals surface area contributed by atoms with Crippen LogP contribution in [0.25, 0.3) is 0 Å². The summed E-state index contributed by atoms with van der Waals surface area (Å²) in [4.78, 5) is 10.2. The van der Waals surface area contributed by atoms with E-state index in [1.807, 2.05) is 6.07 Å². The smallest absolute Gasteiger partial charge is 0.194 e. The van der Waals surface area contributed by atoms with Crippen LogP contribution in [0.4, 0.5) is 4.39 Å². The van der Waals surface area contributed by atoms with Crippen LogP contribution < -0.4 is 5.32 Å². The van der Waals surface area contributed by atoms with E-state index in [1.165, 1.54) is 17.0 Å². The third-order valence-corrected chi connectivity index (χ3v) is 5.57. The van der Waals surface area contributed by atoms with Gasteiger partial charge in [-0.25, -0.2) is 4.39 Å². The van der Waals surface area contributed by atoms with Crippen molar-refractivity contribution < 1.29 is 9.50 Å². The molecule has 0 radical (unpaired) electrons. The van der Waals surface area contributed by atoms with Gasteiger partial charge >= 0.3 is 0 Å². The molecule has 3 rings (SSSR count). The molecule has 5 nitrogen and oxygen atoms in total. The lowest BCUT2D eigenvalue weighted by Gasteiger charge is -2.36. The predicted molar refractivity (Wildman–Crippen MR) is 120 cm³/mol. The molecule has 0 spiro atoms. The summed E-state index contributed by atoms with van der Waals surface area (Å²) in [5.41, 5.74) is 0.759. The molecule has 9 heteroatoms. The lowest BCUT2D eigenvalue weighted by molar-refractivity contribution is 0.173. The van der Waals surface area contributed by atoms with Gasteiger partial charge in [0, 0.05) is 51.2 Å². The summed E-state index contributed by atoms with van der Waals surface area (Å²) in [6, 6.07) is 8.42. The molecule has 1 fully saturated rings. The molecule has 0 atom stereocenters. The van der Waals surface area contributed by atoms with Gasteiger partial charge in [-0.2, -0.15) is 0 Å². The molecule has 1 aliphatic rings. The maximum absolute atomic E-state index is 13.4. The Bertz CT molecular complexity index is 780. The van der Waals surface area contributed by atoms with E-state index in [0.717, 1.165) is 48.6 Å². The zero-order chi connectivity index (χ0) is 18.5. The fourth-order valence-electron chi connectivity index (χ4n) is 2.95. The molecule has 27 heavy (non-hydrogen) atoms.